The second kappa shape index (κ2) is 9.65. The SMILES string of the molecule is CC(C)CN(CC(=O)Nc1cccc(Cl)c1)c1c(N)n(CC(C)C)c(=O)[nH]c1=O. The summed E-state index contributed by atoms with van der Waals surface area (Å²) in [5.41, 5.74) is 5.72. The maximum atomic E-state index is 12.6. The lowest BCUT2D eigenvalue weighted by atomic mass is 10.2. The zero-order chi connectivity index (χ0) is 21.7. The molecule has 158 valence electrons. The van der Waals surface area contributed by atoms with Crippen LogP contribution in [0.5, 0.6) is 0 Å². The maximum absolute atomic E-state index is 12.6. The lowest BCUT2D eigenvalue weighted by Crippen LogP contribution is -2.43. The number of halogens is 1. The molecule has 1 heterocycles. The molecule has 0 aliphatic carbocycles. The summed E-state index contributed by atoms with van der Waals surface area (Å²) >= 11 is 5.96. The van der Waals surface area contributed by atoms with E-state index in [1.807, 2.05) is 27.7 Å². The molecule has 0 saturated carbocycles. The number of H-pyrrole nitrogens is 1. The predicted molar refractivity (Wildman–Crippen MR) is 118 cm³/mol. The van der Waals surface area contributed by atoms with Gasteiger partial charge in [0.05, 0.1) is 6.54 Å². The van der Waals surface area contributed by atoms with E-state index in [1.54, 1.807) is 29.2 Å². The number of nitrogens with two attached hydrogens (primary N) is 1. The number of hydrogen-bond donors (Lipinski definition) is 3. The molecular formula is C20H28ClN5O3. The van der Waals surface area contributed by atoms with Crippen LogP contribution in [-0.2, 0) is 11.3 Å². The standard InChI is InChI=1S/C20H28ClN5O3/c1-12(2)9-25(11-16(27)23-15-7-5-6-14(21)8-15)17-18(22)26(10-13(3)4)20(29)24-19(17)28/h5-8,12-13H,9-11,22H2,1-4H3,(H,23,27)(H,24,28,29). The highest BCUT2D eigenvalue weighted by atomic mass is 35.5. The number of carbonyl (C=O) groups is 1. The lowest BCUT2D eigenvalue weighted by Gasteiger charge is -2.27. The number of hydrogen-bond acceptors (Lipinski definition) is 5. The average molecular weight is 422 g/mol. The fraction of sp³-hybridized carbons (Fsp3) is 0.450. The molecule has 2 rings (SSSR count). The van der Waals surface area contributed by atoms with E-state index in [0.29, 0.717) is 23.8 Å². The second-order valence-corrected chi connectivity index (χ2v) is 8.27. The summed E-state index contributed by atoms with van der Waals surface area (Å²) < 4.78 is 1.34. The lowest BCUT2D eigenvalue weighted by molar-refractivity contribution is -0.115. The Bertz CT molecular complexity index is 981. The maximum Gasteiger partial charge on any atom is 0.330 e. The zero-order valence-corrected chi connectivity index (χ0v) is 17.9. The largest absolute Gasteiger partial charge is 0.383 e. The first-order valence-corrected chi connectivity index (χ1v) is 9.89. The molecule has 0 fully saturated rings. The van der Waals surface area contributed by atoms with Crippen molar-refractivity contribution in [3.8, 4) is 0 Å². The normalized spacial score (nSPS) is 11.1. The molecule has 29 heavy (non-hydrogen) atoms. The molecular weight excluding hydrogens is 394 g/mol. The molecule has 2 aromatic rings. The molecule has 4 N–H and O–H groups in total. The Labute approximate surface area is 174 Å². The molecule has 0 aliphatic rings. The number of aromatic nitrogens is 2. The van der Waals surface area contributed by atoms with E-state index >= 15 is 0 Å². The fourth-order valence-electron chi connectivity index (χ4n) is 3.05. The highest BCUT2D eigenvalue weighted by molar-refractivity contribution is 6.30. The molecule has 0 saturated heterocycles. The Morgan fingerprint density at radius 2 is 1.93 bits per heavy atom. The number of carbonyl (C=O) groups excluding carboxylic acids is 1. The van der Waals surface area contributed by atoms with Crippen LogP contribution in [0.15, 0.2) is 33.9 Å². The van der Waals surface area contributed by atoms with Crippen LogP contribution in [0.2, 0.25) is 5.02 Å². The Kier molecular flexibility index (Phi) is 7.50. The second-order valence-electron chi connectivity index (χ2n) is 7.83. The van der Waals surface area contributed by atoms with Crippen molar-refractivity contribution in [3.63, 3.8) is 0 Å². The summed E-state index contributed by atoms with van der Waals surface area (Å²) in [6.07, 6.45) is 0. The average Bonchev–Trinajstić information content (AvgIpc) is 2.57. The van der Waals surface area contributed by atoms with Gasteiger partial charge in [-0.1, -0.05) is 45.4 Å². The van der Waals surface area contributed by atoms with Gasteiger partial charge in [0, 0.05) is 23.8 Å². The highest BCUT2D eigenvalue weighted by Gasteiger charge is 2.22. The Balaban J connectivity index is 2.38. The van der Waals surface area contributed by atoms with Gasteiger partial charge in [-0.25, -0.2) is 4.79 Å². The minimum atomic E-state index is -0.608. The molecule has 1 aromatic heterocycles. The van der Waals surface area contributed by atoms with Crippen molar-refractivity contribution in [3.05, 3.63) is 50.1 Å². The number of benzene rings is 1. The van der Waals surface area contributed by atoms with E-state index < -0.39 is 11.2 Å². The molecule has 0 radical (unpaired) electrons. The van der Waals surface area contributed by atoms with Gasteiger partial charge in [-0.2, -0.15) is 0 Å². The third-order valence-electron chi connectivity index (χ3n) is 4.11. The topological polar surface area (TPSA) is 113 Å². The van der Waals surface area contributed by atoms with Crippen LogP contribution in [0, 0.1) is 11.8 Å². The number of nitrogens with zero attached hydrogens (tertiary/aromatic N) is 2. The first kappa shape index (κ1) is 22.5. The van der Waals surface area contributed by atoms with Gasteiger partial charge >= 0.3 is 5.69 Å². The fourth-order valence-corrected chi connectivity index (χ4v) is 3.24. The third-order valence-corrected chi connectivity index (χ3v) is 4.34. The minimum absolute atomic E-state index is 0.0589. The van der Waals surface area contributed by atoms with Crippen LogP contribution in [0.1, 0.15) is 27.7 Å². The molecule has 0 unspecified atom stereocenters. The van der Waals surface area contributed by atoms with Crippen molar-refractivity contribution in [1.82, 2.24) is 9.55 Å². The molecule has 8 nitrogen and oxygen atoms in total. The van der Waals surface area contributed by atoms with Crippen molar-refractivity contribution in [2.45, 2.75) is 34.2 Å². The van der Waals surface area contributed by atoms with Crippen molar-refractivity contribution >= 4 is 34.7 Å². The van der Waals surface area contributed by atoms with Crippen LogP contribution >= 0.6 is 11.6 Å². The van der Waals surface area contributed by atoms with Gasteiger partial charge in [0.25, 0.3) is 5.56 Å². The quantitative estimate of drug-likeness (QED) is 0.606. The minimum Gasteiger partial charge on any atom is -0.383 e. The van der Waals surface area contributed by atoms with Crippen molar-refractivity contribution < 1.29 is 4.79 Å². The molecule has 0 atom stereocenters. The van der Waals surface area contributed by atoms with E-state index in [9.17, 15) is 14.4 Å². The summed E-state index contributed by atoms with van der Waals surface area (Å²) in [6.45, 7) is 8.50. The van der Waals surface area contributed by atoms with Gasteiger partial charge in [-0.15, -0.1) is 0 Å². The number of nitrogens with one attached hydrogen (secondary N) is 2. The monoisotopic (exact) mass is 421 g/mol. The van der Waals surface area contributed by atoms with Gasteiger partial charge in [-0.05, 0) is 30.0 Å². The summed E-state index contributed by atoms with van der Waals surface area (Å²) in [5, 5.41) is 3.27. The van der Waals surface area contributed by atoms with Crippen molar-refractivity contribution in [2.24, 2.45) is 11.8 Å². The zero-order valence-electron chi connectivity index (χ0n) is 17.2. The number of amides is 1. The Hall–Kier alpha value is -2.74. The van der Waals surface area contributed by atoms with Crippen LogP contribution in [0.4, 0.5) is 17.2 Å². The van der Waals surface area contributed by atoms with Crippen LogP contribution in [0.25, 0.3) is 0 Å². The predicted octanol–water partition coefficient (Wildman–Crippen LogP) is 2.53. The molecule has 0 bridgehead atoms. The van der Waals surface area contributed by atoms with Crippen molar-refractivity contribution in [2.75, 3.05) is 29.0 Å². The molecule has 1 amide bonds. The number of aromatic amines is 1. The summed E-state index contributed by atoms with van der Waals surface area (Å²) in [5.74, 6) is 0.0358. The number of rotatable bonds is 8. The third kappa shape index (κ3) is 6.12. The van der Waals surface area contributed by atoms with Gasteiger partial charge in [-0.3, -0.25) is 19.1 Å². The Morgan fingerprint density at radius 1 is 1.24 bits per heavy atom. The van der Waals surface area contributed by atoms with Crippen molar-refractivity contribution in [1.29, 1.82) is 0 Å². The van der Waals surface area contributed by atoms with Gasteiger partial charge in [0.1, 0.15) is 11.5 Å². The van der Waals surface area contributed by atoms with Crippen LogP contribution in [-0.4, -0.2) is 28.5 Å². The summed E-state index contributed by atoms with van der Waals surface area (Å²) in [6, 6.07) is 6.80. The van der Waals surface area contributed by atoms with Gasteiger partial charge in [0.15, 0.2) is 0 Å². The first-order chi connectivity index (χ1) is 13.6. The molecule has 0 spiro atoms. The van der Waals surface area contributed by atoms with Gasteiger partial charge in [0.2, 0.25) is 5.91 Å². The summed E-state index contributed by atoms with van der Waals surface area (Å²) in [7, 11) is 0. The molecule has 1 aromatic carbocycles. The van der Waals surface area contributed by atoms with E-state index in [2.05, 4.69) is 10.3 Å². The number of anilines is 3. The van der Waals surface area contributed by atoms with E-state index in [-0.39, 0.29) is 35.8 Å². The Morgan fingerprint density at radius 3 is 2.52 bits per heavy atom. The number of nitrogen functional groups attached to an aromatic ring is 1. The van der Waals surface area contributed by atoms with E-state index in [0.717, 1.165) is 0 Å². The first-order valence-electron chi connectivity index (χ1n) is 9.51. The summed E-state index contributed by atoms with van der Waals surface area (Å²) in [4.78, 5) is 41.3. The van der Waals surface area contributed by atoms with Crippen LogP contribution < -0.4 is 27.2 Å². The van der Waals surface area contributed by atoms with Crippen LogP contribution in [0.3, 0.4) is 0 Å². The van der Waals surface area contributed by atoms with Gasteiger partial charge < -0.3 is 16.0 Å². The molecule has 0 aliphatic heterocycles. The van der Waals surface area contributed by atoms with E-state index in [1.165, 1.54) is 4.57 Å². The highest BCUT2D eigenvalue weighted by Crippen LogP contribution is 2.20. The molecule has 9 heteroatoms. The smallest absolute Gasteiger partial charge is 0.330 e. The van der Waals surface area contributed by atoms with E-state index in [4.69, 9.17) is 17.3 Å².